The Balaban J connectivity index is 1.72. The van der Waals surface area contributed by atoms with E-state index in [1.807, 2.05) is 48.2 Å². The number of benzene rings is 2. The first kappa shape index (κ1) is 20.9. The number of anilines is 1. The Labute approximate surface area is 179 Å². The minimum atomic E-state index is -0.489. The van der Waals surface area contributed by atoms with E-state index in [1.54, 1.807) is 13.0 Å². The summed E-state index contributed by atoms with van der Waals surface area (Å²) in [5, 5.41) is 4.16. The molecule has 2 aromatic carbocycles. The summed E-state index contributed by atoms with van der Waals surface area (Å²) in [5.41, 5.74) is 5.02. The fraction of sp³-hybridized carbons (Fsp3) is 0.217. The number of rotatable bonds is 5. The highest BCUT2D eigenvalue weighted by molar-refractivity contribution is 7.60. The molecule has 0 bridgehead atoms. The minimum Gasteiger partial charge on any atom is -0.371 e. The van der Waals surface area contributed by atoms with Crippen molar-refractivity contribution in [1.82, 2.24) is 9.55 Å². The van der Waals surface area contributed by atoms with Crippen molar-refractivity contribution in [3.05, 3.63) is 70.7 Å². The molecule has 0 saturated heterocycles. The number of nitrogens with one attached hydrogen (secondary N) is 1. The average Bonchev–Trinajstić information content (AvgIpc) is 3.18. The van der Waals surface area contributed by atoms with Crippen molar-refractivity contribution in [3.63, 3.8) is 0 Å². The zero-order valence-corrected chi connectivity index (χ0v) is 19.2. The molecule has 2 heterocycles. The molecule has 3 atom stereocenters. The fourth-order valence-corrected chi connectivity index (χ4v) is 5.64. The lowest BCUT2D eigenvalue weighted by molar-refractivity contribution is 0.112. The Bertz CT molecular complexity index is 1160. The highest BCUT2D eigenvalue weighted by Gasteiger charge is 2.27. The second-order valence-corrected chi connectivity index (χ2v) is 10.1. The smallest absolute Gasteiger partial charge is 0.150 e. The van der Waals surface area contributed by atoms with Crippen LogP contribution in [0, 0.1) is 12.7 Å². The molecular formula is C23H24FN3OP2. The van der Waals surface area contributed by atoms with Gasteiger partial charge in [0.05, 0.1) is 11.9 Å². The predicted octanol–water partition coefficient (Wildman–Crippen LogP) is 5.54. The first-order valence-corrected chi connectivity index (χ1v) is 12.3. The van der Waals surface area contributed by atoms with E-state index in [-0.39, 0.29) is 11.6 Å². The van der Waals surface area contributed by atoms with E-state index in [0.717, 1.165) is 46.6 Å². The first-order chi connectivity index (χ1) is 14.4. The van der Waals surface area contributed by atoms with Crippen LogP contribution < -0.4 is 10.6 Å². The van der Waals surface area contributed by atoms with E-state index in [9.17, 15) is 9.18 Å². The summed E-state index contributed by atoms with van der Waals surface area (Å²) < 4.78 is 16.5. The number of hydrogen-bond donors (Lipinski definition) is 1. The van der Waals surface area contributed by atoms with Crippen LogP contribution in [0.1, 0.15) is 40.0 Å². The zero-order chi connectivity index (χ0) is 21.4. The number of nitrogens with zero attached hydrogens (tertiary/aromatic N) is 2. The number of fused-ring (bicyclic) bond motifs is 1. The van der Waals surface area contributed by atoms with Gasteiger partial charge in [0.25, 0.3) is 0 Å². The summed E-state index contributed by atoms with van der Waals surface area (Å²) in [5.74, 6) is 2.92. The van der Waals surface area contributed by atoms with Gasteiger partial charge in [0, 0.05) is 28.3 Å². The summed E-state index contributed by atoms with van der Waals surface area (Å²) in [6, 6.07) is 9.58. The van der Waals surface area contributed by atoms with Crippen molar-refractivity contribution >= 4 is 40.6 Å². The highest BCUT2D eigenvalue weighted by atomic mass is 31.1. The largest absolute Gasteiger partial charge is 0.371 e. The maximum atomic E-state index is 14.5. The van der Waals surface area contributed by atoms with Crippen LogP contribution >= 0.6 is 17.2 Å². The summed E-state index contributed by atoms with van der Waals surface area (Å²) in [6.45, 7) is 6.01. The number of carbonyl (C=O) groups is 1. The fourth-order valence-electron chi connectivity index (χ4n) is 3.74. The van der Waals surface area contributed by atoms with Crippen LogP contribution in [0.15, 0.2) is 42.3 Å². The second-order valence-electron chi connectivity index (χ2n) is 7.42. The molecule has 30 heavy (non-hydrogen) atoms. The molecule has 3 aromatic rings. The van der Waals surface area contributed by atoms with Gasteiger partial charge in [-0.05, 0) is 55.2 Å². The van der Waals surface area contributed by atoms with Gasteiger partial charge in [-0.15, -0.1) is 9.24 Å². The molecule has 1 aliphatic heterocycles. The standard InChI is InChI=1S/C23H24FN3OP2/c1-4-15-11-17(7-6-16(15)13-28)26-23-22-25-12-19(27(22)9-10-30(23)3)18-8-5-14(2)20(24)21(18)29/h5-13,23,26H,4,29H2,1-3H3. The van der Waals surface area contributed by atoms with Gasteiger partial charge in [0.1, 0.15) is 23.7 Å². The first-order valence-electron chi connectivity index (χ1n) is 9.81. The molecule has 7 heteroatoms. The third-order valence-corrected chi connectivity index (χ3v) is 7.87. The summed E-state index contributed by atoms with van der Waals surface area (Å²) in [6.07, 6.45) is 5.55. The van der Waals surface area contributed by atoms with E-state index >= 15 is 0 Å². The van der Waals surface area contributed by atoms with E-state index in [0.29, 0.717) is 10.9 Å². The Morgan fingerprint density at radius 1 is 1.33 bits per heavy atom. The highest BCUT2D eigenvalue weighted by Crippen LogP contribution is 2.52. The molecule has 0 spiro atoms. The Kier molecular flexibility index (Phi) is 5.86. The lowest BCUT2D eigenvalue weighted by Crippen LogP contribution is -2.17. The van der Waals surface area contributed by atoms with Crippen molar-refractivity contribution in [2.45, 2.75) is 26.1 Å². The van der Waals surface area contributed by atoms with Gasteiger partial charge in [-0.25, -0.2) is 9.37 Å². The number of halogens is 1. The topological polar surface area (TPSA) is 46.9 Å². The lowest BCUT2D eigenvalue weighted by atomic mass is 10.1. The number of aldehydes is 1. The van der Waals surface area contributed by atoms with Gasteiger partial charge in [0.15, 0.2) is 0 Å². The van der Waals surface area contributed by atoms with E-state index < -0.39 is 7.92 Å². The van der Waals surface area contributed by atoms with E-state index in [1.165, 1.54) is 0 Å². The predicted molar refractivity (Wildman–Crippen MR) is 127 cm³/mol. The van der Waals surface area contributed by atoms with Gasteiger partial charge in [0.2, 0.25) is 0 Å². The van der Waals surface area contributed by atoms with Gasteiger partial charge in [-0.2, -0.15) is 0 Å². The van der Waals surface area contributed by atoms with Crippen LogP contribution in [-0.4, -0.2) is 22.5 Å². The van der Waals surface area contributed by atoms with E-state index in [2.05, 4.69) is 27.0 Å². The van der Waals surface area contributed by atoms with Gasteiger partial charge >= 0.3 is 0 Å². The van der Waals surface area contributed by atoms with Crippen molar-refractivity contribution < 1.29 is 9.18 Å². The average molecular weight is 439 g/mol. The van der Waals surface area contributed by atoms with Crippen LogP contribution in [0.4, 0.5) is 10.1 Å². The minimum absolute atomic E-state index is 0.0220. The normalized spacial score (nSPS) is 17.6. The molecule has 154 valence electrons. The number of aryl methyl sites for hydroxylation is 2. The monoisotopic (exact) mass is 439 g/mol. The maximum absolute atomic E-state index is 14.5. The molecule has 0 saturated carbocycles. The van der Waals surface area contributed by atoms with Crippen LogP contribution in [0.2, 0.25) is 0 Å². The Morgan fingerprint density at radius 2 is 2.13 bits per heavy atom. The van der Waals surface area contributed by atoms with Crippen LogP contribution in [0.5, 0.6) is 0 Å². The molecule has 0 radical (unpaired) electrons. The third-order valence-electron chi connectivity index (χ3n) is 5.53. The molecule has 0 amide bonds. The number of hydrogen-bond acceptors (Lipinski definition) is 3. The molecule has 0 aliphatic carbocycles. The molecule has 1 N–H and O–H groups in total. The molecule has 0 fully saturated rings. The molecule has 3 unspecified atom stereocenters. The van der Waals surface area contributed by atoms with Crippen molar-refractivity contribution in [1.29, 1.82) is 0 Å². The van der Waals surface area contributed by atoms with Crippen molar-refractivity contribution in [3.8, 4) is 11.3 Å². The van der Waals surface area contributed by atoms with Crippen LogP contribution in [-0.2, 0) is 6.42 Å². The lowest BCUT2D eigenvalue weighted by Gasteiger charge is -2.28. The maximum Gasteiger partial charge on any atom is 0.150 e. The van der Waals surface area contributed by atoms with E-state index in [4.69, 9.17) is 4.98 Å². The Hall–Kier alpha value is -2.35. The summed E-state index contributed by atoms with van der Waals surface area (Å²) >= 11 is 0. The SMILES string of the molecule is CCc1cc(NC2c3ncc(-c4ccc(C)c(F)c4P)n3C=CP2C)ccc1C=O. The zero-order valence-electron chi connectivity index (χ0n) is 17.2. The second kappa shape index (κ2) is 8.41. The number of carbonyl (C=O) groups excluding carboxylic acids is 1. The van der Waals surface area contributed by atoms with Crippen molar-refractivity contribution in [2.75, 3.05) is 12.0 Å². The summed E-state index contributed by atoms with van der Waals surface area (Å²) in [4.78, 5) is 16.0. The molecule has 1 aliphatic rings. The van der Waals surface area contributed by atoms with Gasteiger partial charge in [-0.3, -0.25) is 4.79 Å². The quantitative estimate of drug-likeness (QED) is 0.420. The Morgan fingerprint density at radius 3 is 2.87 bits per heavy atom. The molecule has 1 aromatic heterocycles. The van der Waals surface area contributed by atoms with Gasteiger partial charge < -0.3 is 9.88 Å². The van der Waals surface area contributed by atoms with Crippen molar-refractivity contribution in [2.24, 2.45) is 0 Å². The molecule has 4 nitrogen and oxygen atoms in total. The number of imidazole rings is 1. The molecule has 4 rings (SSSR count). The third kappa shape index (κ3) is 3.62. The summed E-state index contributed by atoms with van der Waals surface area (Å²) in [7, 11) is 2.03. The van der Waals surface area contributed by atoms with Gasteiger partial charge in [-0.1, -0.05) is 27.0 Å². The van der Waals surface area contributed by atoms with Crippen LogP contribution in [0.3, 0.4) is 0 Å². The van der Waals surface area contributed by atoms with Crippen LogP contribution in [0.25, 0.3) is 17.5 Å². The molecular weight excluding hydrogens is 415 g/mol. The number of aromatic nitrogens is 2.